The molecule has 0 bridgehead atoms. The molecule has 8 heteroatoms. The first-order valence-electron chi connectivity index (χ1n) is 8.89. The molecule has 142 valence electrons. The lowest BCUT2D eigenvalue weighted by Gasteiger charge is -2.19. The predicted octanol–water partition coefficient (Wildman–Crippen LogP) is 2.47. The van der Waals surface area contributed by atoms with E-state index in [4.69, 9.17) is 0 Å². The van der Waals surface area contributed by atoms with Crippen molar-refractivity contribution in [2.75, 3.05) is 5.32 Å². The van der Waals surface area contributed by atoms with E-state index in [2.05, 4.69) is 25.8 Å². The molecule has 1 aliphatic rings. The number of rotatable bonds is 6. The minimum Gasteiger partial charge on any atom is -0.349 e. The molecule has 3 aromatic rings. The molecule has 0 fully saturated rings. The lowest BCUT2D eigenvalue weighted by atomic mass is 9.96. The summed E-state index contributed by atoms with van der Waals surface area (Å²) in [5.74, 6) is -1.12. The minimum atomic E-state index is -0.715. The molecule has 2 unspecified atom stereocenters. The van der Waals surface area contributed by atoms with Crippen molar-refractivity contribution < 1.29 is 14.0 Å². The number of hydrogen-bond acceptors (Lipinski definition) is 4. The molecule has 1 aliphatic heterocycles. The summed E-state index contributed by atoms with van der Waals surface area (Å²) in [6.45, 7) is 0. The highest BCUT2D eigenvalue weighted by Gasteiger charge is 2.33. The summed E-state index contributed by atoms with van der Waals surface area (Å²) in [6.07, 6.45) is 1.77. The molecule has 2 amide bonds. The number of amides is 2. The van der Waals surface area contributed by atoms with Gasteiger partial charge < -0.3 is 10.6 Å². The number of nitrogens with zero attached hydrogens (tertiary/aromatic N) is 2. The van der Waals surface area contributed by atoms with Gasteiger partial charge in [0.2, 0.25) is 11.8 Å². The highest BCUT2D eigenvalue weighted by Crippen LogP contribution is 2.35. The second-order valence-corrected chi connectivity index (χ2v) is 6.64. The van der Waals surface area contributed by atoms with Crippen LogP contribution < -0.4 is 10.6 Å². The van der Waals surface area contributed by atoms with Crippen LogP contribution in [0.5, 0.6) is 0 Å². The van der Waals surface area contributed by atoms with Gasteiger partial charge in [-0.2, -0.15) is 5.10 Å². The number of aromatic amines is 1. The van der Waals surface area contributed by atoms with E-state index in [-0.39, 0.29) is 24.3 Å². The molecule has 2 aromatic carbocycles. The van der Waals surface area contributed by atoms with Crippen LogP contribution in [0, 0.1) is 5.82 Å². The van der Waals surface area contributed by atoms with Crippen molar-refractivity contribution in [3.8, 4) is 0 Å². The normalized spacial score (nSPS) is 16.3. The molecule has 2 atom stereocenters. The third-order valence-corrected chi connectivity index (χ3v) is 4.75. The number of carbonyl (C=O) groups excluding carboxylic acids is 2. The van der Waals surface area contributed by atoms with E-state index >= 15 is 0 Å². The molecule has 0 saturated heterocycles. The molecule has 0 spiro atoms. The summed E-state index contributed by atoms with van der Waals surface area (Å²) in [6, 6.07) is 13.2. The molecular formula is C20H18FN5O2. The van der Waals surface area contributed by atoms with Crippen LogP contribution in [0.25, 0.3) is 0 Å². The van der Waals surface area contributed by atoms with E-state index in [1.165, 1.54) is 24.5 Å². The van der Waals surface area contributed by atoms with Crippen LogP contribution in [0.1, 0.15) is 35.3 Å². The summed E-state index contributed by atoms with van der Waals surface area (Å²) < 4.78 is 13.6. The molecule has 0 radical (unpaired) electrons. The number of aromatic nitrogens is 3. The summed E-state index contributed by atoms with van der Waals surface area (Å²) in [5.41, 5.74) is 1.96. The van der Waals surface area contributed by atoms with Gasteiger partial charge in [0, 0.05) is 18.5 Å². The number of nitrogens with one attached hydrogen (secondary N) is 3. The zero-order chi connectivity index (χ0) is 19.5. The Balaban J connectivity index is 1.51. The molecule has 3 N–H and O–H groups in total. The van der Waals surface area contributed by atoms with Crippen molar-refractivity contribution in [3.63, 3.8) is 0 Å². The van der Waals surface area contributed by atoms with Crippen molar-refractivity contribution in [3.05, 3.63) is 77.6 Å². The zero-order valence-electron chi connectivity index (χ0n) is 14.9. The average Bonchev–Trinajstić information content (AvgIpc) is 3.30. The van der Waals surface area contributed by atoms with Gasteiger partial charge in [-0.05, 0) is 29.3 Å². The van der Waals surface area contributed by atoms with Gasteiger partial charge in [0.05, 0.1) is 12.0 Å². The molecule has 0 saturated carbocycles. The van der Waals surface area contributed by atoms with E-state index in [1.807, 2.05) is 30.3 Å². The van der Waals surface area contributed by atoms with E-state index < -0.39 is 11.7 Å². The van der Waals surface area contributed by atoms with Gasteiger partial charge in [-0.25, -0.2) is 9.37 Å². The maximum Gasteiger partial charge on any atom is 0.232 e. The fourth-order valence-corrected chi connectivity index (χ4v) is 3.40. The Morgan fingerprint density at radius 2 is 2.04 bits per heavy atom. The fraction of sp³-hybridized carbons (Fsp3) is 0.200. The molecular weight excluding hydrogens is 361 g/mol. The average molecular weight is 379 g/mol. The first kappa shape index (κ1) is 17.8. The summed E-state index contributed by atoms with van der Waals surface area (Å²) in [5, 5.41) is 12.3. The quantitative estimate of drug-likeness (QED) is 0.613. The molecule has 28 heavy (non-hydrogen) atoms. The second kappa shape index (κ2) is 7.59. The van der Waals surface area contributed by atoms with Gasteiger partial charge in [-0.15, -0.1) is 0 Å². The summed E-state index contributed by atoms with van der Waals surface area (Å²) >= 11 is 0. The first-order valence-corrected chi connectivity index (χ1v) is 8.89. The van der Waals surface area contributed by atoms with Crippen molar-refractivity contribution in [2.45, 2.75) is 24.8 Å². The number of hydrogen-bond donors (Lipinski definition) is 3. The van der Waals surface area contributed by atoms with Crippen molar-refractivity contribution in [1.29, 1.82) is 0 Å². The number of anilines is 1. The van der Waals surface area contributed by atoms with Gasteiger partial charge >= 0.3 is 0 Å². The van der Waals surface area contributed by atoms with Crippen LogP contribution >= 0.6 is 0 Å². The van der Waals surface area contributed by atoms with Gasteiger partial charge in [0.25, 0.3) is 0 Å². The van der Waals surface area contributed by atoms with Gasteiger partial charge in [-0.1, -0.05) is 30.3 Å². The largest absolute Gasteiger partial charge is 0.349 e. The molecule has 1 aromatic heterocycles. The lowest BCUT2D eigenvalue weighted by Crippen LogP contribution is -2.32. The van der Waals surface area contributed by atoms with E-state index in [0.717, 1.165) is 5.56 Å². The van der Waals surface area contributed by atoms with Gasteiger partial charge in [-0.3, -0.25) is 14.7 Å². The van der Waals surface area contributed by atoms with E-state index in [9.17, 15) is 14.0 Å². The number of benzene rings is 2. The highest BCUT2D eigenvalue weighted by atomic mass is 19.1. The van der Waals surface area contributed by atoms with Crippen LogP contribution in [0.3, 0.4) is 0 Å². The molecule has 7 nitrogen and oxygen atoms in total. The van der Waals surface area contributed by atoms with Crippen molar-refractivity contribution in [2.24, 2.45) is 0 Å². The SMILES string of the molecule is O=C(CC1C(=O)Nc2ccc(F)cc21)NC(Cc1ncn[nH]1)c1ccccc1. The fourth-order valence-electron chi connectivity index (χ4n) is 3.40. The van der Waals surface area contributed by atoms with Gasteiger partial charge in [0.15, 0.2) is 0 Å². The number of halogens is 1. The van der Waals surface area contributed by atoms with Crippen molar-refractivity contribution in [1.82, 2.24) is 20.5 Å². The summed E-state index contributed by atoms with van der Waals surface area (Å²) in [7, 11) is 0. The zero-order valence-corrected chi connectivity index (χ0v) is 14.9. The third kappa shape index (κ3) is 3.75. The third-order valence-electron chi connectivity index (χ3n) is 4.75. The number of carbonyl (C=O) groups is 2. The smallest absolute Gasteiger partial charge is 0.232 e. The van der Waals surface area contributed by atoms with Gasteiger partial charge in [0.1, 0.15) is 18.0 Å². The predicted molar refractivity (Wildman–Crippen MR) is 99.8 cm³/mol. The topological polar surface area (TPSA) is 99.8 Å². The van der Waals surface area contributed by atoms with E-state index in [1.54, 1.807) is 0 Å². The van der Waals surface area contributed by atoms with Crippen LogP contribution in [0.15, 0.2) is 54.9 Å². The molecule has 0 aliphatic carbocycles. The van der Waals surface area contributed by atoms with Crippen LogP contribution in [-0.2, 0) is 16.0 Å². The van der Waals surface area contributed by atoms with E-state index in [0.29, 0.717) is 23.5 Å². The Bertz CT molecular complexity index is 991. The van der Waals surface area contributed by atoms with Crippen molar-refractivity contribution >= 4 is 17.5 Å². The Kier molecular flexibility index (Phi) is 4.84. The Labute approximate surface area is 160 Å². The monoisotopic (exact) mass is 379 g/mol. The maximum absolute atomic E-state index is 13.6. The standard InChI is InChI=1S/C20H18FN5O2/c21-13-6-7-16-14(8-13)15(20(28)25-16)9-19(27)24-17(10-18-22-11-23-26-18)12-4-2-1-3-5-12/h1-8,11,15,17H,9-10H2,(H,24,27)(H,25,28)(H,22,23,26). The molecule has 4 rings (SSSR count). The number of H-pyrrole nitrogens is 1. The Morgan fingerprint density at radius 1 is 1.21 bits per heavy atom. The number of fused-ring (bicyclic) bond motifs is 1. The maximum atomic E-state index is 13.6. The van der Waals surface area contributed by atoms with Crippen LogP contribution in [0.2, 0.25) is 0 Å². The van der Waals surface area contributed by atoms with Crippen LogP contribution in [-0.4, -0.2) is 27.0 Å². The minimum absolute atomic E-state index is 0.0674. The Morgan fingerprint density at radius 3 is 2.79 bits per heavy atom. The highest BCUT2D eigenvalue weighted by molar-refractivity contribution is 6.04. The second-order valence-electron chi connectivity index (χ2n) is 6.64. The Hall–Kier alpha value is -3.55. The molecule has 2 heterocycles. The lowest BCUT2D eigenvalue weighted by molar-refractivity contribution is -0.125. The van der Waals surface area contributed by atoms with Crippen LogP contribution in [0.4, 0.5) is 10.1 Å². The first-order chi connectivity index (χ1) is 13.6. The summed E-state index contributed by atoms with van der Waals surface area (Å²) in [4.78, 5) is 29.1.